The van der Waals surface area contributed by atoms with Gasteiger partial charge in [-0.05, 0) is 18.4 Å². The first-order valence-electron chi connectivity index (χ1n) is 8.39. The molecule has 0 aliphatic rings. The molecule has 0 spiro atoms. The van der Waals surface area contributed by atoms with Crippen molar-refractivity contribution < 1.29 is 9.59 Å². The highest BCUT2D eigenvalue weighted by atomic mass is 16.2. The van der Waals surface area contributed by atoms with E-state index in [2.05, 4.69) is 50.4 Å². The summed E-state index contributed by atoms with van der Waals surface area (Å²) in [5, 5.41) is 2.62. The standard InChI is InChI=1S/C19H31N3O2/c1-13(2)17(20)18(24)21-11-16(23)22(6)12-19(4,5)15-9-7-14(3)8-10-15/h7-10,13,17H,11-12,20H2,1-6H3,(H,21,24)/t17-/m0/s1. The Morgan fingerprint density at radius 3 is 2.25 bits per heavy atom. The average molecular weight is 333 g/mol. The van der Waals surface area contributed by atoms with Crippen LogP contribution in [0.2, 0.25) is 0 Å². The van der Waals surface area contributed by atoms with E-state index < -0.39 is 6.04 Å². The van der Waals surface area contributed by atoms with Crippen molar-refractivity contribution >= 4 is 11.8 Å². The molecule has 1 rings (SSSR count). The molecule has 0 fully saturated rings. The third-order valence-electron chi connectivity index (χ3n) is 4.33. The van der Waals surface area contributed by atoms with Gasteiger partial charge in [0.15, 0.2) is 0 Å². The van der Waals surface area contributed by atoms with Crippen molar-refractivity contribution in [2.45, 2.75) is 46.1 Å². The summed E-state index contributed by atoms with van der Waals surface area (Å²) >= 11 is 0. The Hall–Kier alpha value is -1.88. The molecule has 5 nitrogen and oxygen atoms in total. The molecule has 0 aliphatic heterocycles. The predicted molar refractivity (Wildman–Crippen MR) is 97.7 cm³/mol. The van der Waals surface area contributed by atoms with Crippen molar-refractivity contribution in [2.24, 2.45) is 11.7 Å². The number of likely N-dealkylation sites (N-methyl/N-ethyl adjacent to an activating group) is 1. The lowest BCUT2D eigenvalue weighted by atomic mass is 9.84. The maximum absolute atomic E-state index is 12.3. The Morgan fingerprint density at radius 1 is 1.21 bits per heavy atom. The van der Waals surface area contributed by atoms with E-state index in [4.69, 9.17) is 5.73 Å². The van der Waals surface area contributed by atoms with E-state index in [1.54, 1.807) is 11.9 Å². The van der Waals surface area contributed by atoms with Crippen LogP contribution in [0.5, 0.6) is 0 Å². The summed E-state index contributed by atoms with van der Waals surface area (Å²) in [6.07, 6.45) is 0. The second kappa shape index (κ2) is 8.29. The minimum atomic E-state index is -0.591. The Morgan fingerprint density at radius 2 is 1.75 bits per heavy atom. The lowest BCUT2D eigenvalue weighted by Gasteiger charge is -2.31. The third kappa shape index (κ3) is 5.64. The summed E-state index contributed by atoms with van der Waals surface area (Å²) in [6, 6.07) is 7.75. The molecule has 1 aromatic rings. The molecule has 134 valence electrons. The van der Waals surface area contributed by atoms with E-state index in [1.165, 1.54) is 11.1 Å². The van der Waals surface area contributed by atoms with Crippen LogP contribution in [-0.4, -0.2) is 42.9 Å². The van der Waals surface area contributed by atoms with Crippen LogP contribution in [0.25, 0.3) is 0 Å². The molecule has 5 heteroatoms. The number of nitrogens with one attached hydrogen (secondary N) is 1. The van der Waals surface area contributed by atoms with Crippen LogP contribution >= 0.6 is 0 Å². The average Bonchev–Trinajstić information content (AvgIpc) is 2.51. The number of carbonyl (C=O) groups excluding carboxylic acids is 2. The Labute approximate surface area is 145 Å². The quantitative estimate of drug-likeness (QED) is 0.799. The molecule has 0 heterocycles. The van der Waals surface area contributed by atoms with Gasteiger partial charge in [0.1, 0.15) is 0 Å². The number of hydrogen-bond donors (Lipinski definition) is 2. The number of hydrogen-bond acceptors (Lipinski definition) is 3. The van der Waals surface area contributed by atoms with Gasteiger partial charge in [-0.25, -0.2) is 0 Å². The normalized spacial score (nSPS) is 12.8. The summed E-state index contributed by atoms with van der Waals surface area (Å²) in [4.78, 5) is 25.8. The number of benzene rings is 1. The van der Waals surface area contributed by atoms with Crippen LogP contribution in [0.15, 0.2) is 24.3 Å². The molecule has 1 aromatic carbocycles. The van der Waals surface area contributed by atoms with Crippen LogP contribution in [0.4, 0.5) is 0 Å². The fourth-order valence-electron chi connectivity index (χ4n) is 2.50. The summed E-state index contributed by atoms with van der Waals surface area (Å²) in [5.41, 5.74) is 8.00. The minimum Gasteiger partial charge on any atom is -0.346 e. The van der Waals surface area contributed by atoms with Gasteiger partial charge in [-0.2, -0.15) is 0 Å². The van der Waals surface area contributed by atoms with Crippen molar-refractivity contribution in [3.63, 3.8) is 0 Å². The van der Waals surface area contributed by atoms with Gasteiger partial charge in [0, 0.05) is 19.0 Å². The molecule has 3 N–H and O–H groups in total. The van der Waals surface area contributed by atoms with Gasteiger partial charge in [0.25, 0.3) is 0 Å². The van der Waals surface area contributed by atoms with Crippen LogP contribution in [-0.2, 0) is 15.0 Å². The predicted octanol–water partition coefficient (Wildman–Crippen LogP) is 1.83. The molecule has 0 aromatic heterocycles. The van der Waals surface area contributed by atoms with Crippen LogP contribution in [0.1, 0.15) is 38.8 Å². The SMILES string of the molecule is Cc1ccc(C(C)(C)CN(C)C(=O)CNC(=O)[C@@H](N)C(C)C)cc1. The zero-order valence-electron chi connectivity index (χ0n) is 15.7. The molecule has 0 aliphatic carbocycles. The van der Waals surface area contributed by atoms with Crippen molar-refractivity contribution in [3.05, 3.63) is 35.4 Å². The van der Waals surface area contributed by atoms with E-state index in [1.807, 2.05) is 13.8 Å². The Bertz CT molecular complexity index is 564. The zero-order chi connectivity index (χ0) is 18.5. The summed E-state index contributed by atoms with van der Waals surface area (Å²) < 4.78 is 0. The molecule has 24 heavy (non-hydrogen) atoms. The largest absolute Gasteiger partial charge is 0.346 e. The lowest BCUT2D eigenvalue weighted by molar-refractivity contribution is -0.132. The van der Waals surface area contributed by atoms with E-state index >= 15 is 0 Å². The molecule has 0 saturated carbocycles. The van der Waals surface area contributed by atoms with E-state index in [0.29, 0.717) is 6.54 Å². The fraction of sp³-hybridized carbons (Fsp3) is 0.579. The Balaban J connectivity index is 2.60. The molecule has 2 amide bonds. The van der Waals surface area contributed by atoms with Gasteiger partial charge in [-0.3, -0.25) is 9.59 Å². The smallest absolute Gasteiger partial charge is 0.241 e. The first-order chi connectivity index (χ1) is 11.0. The topological polar surface area (TPSA) is 75.4 Å². The number of nitrogens with zero attached hydrogens (tertiary/aromatic N) is 1. The highest BCUT2D eigenvalue weighted by Gasteiger charge is 2.25. The van der Waals surface area contributed by atoms with Gasteiger partial charge in [-0.15, -0.1) is 0 Å². The van der Waals surface area contributed by atoms with Crippen LogP contribution < -0.4 is 11.1 Å². The minimum absolute atomic E-state index is 0.0280. The zero-order valence-corrected chi connectivity index (χ0v) is 15.7. The van der Waals surface area contributed by atoms with Crippen molar-refractivity contribution in [2.75, 3.05) is 20.1 Å². The van der Waals surface area contributed by atoms with E-state index in [9.17, 15) is 9.59 Å². The summed E-state index contributed by atoms with van der Waals surface area (Å²) in [5.74, 6) is -0.373. The molecule has 0 saturated heterocycles. The van der Waals surface area contributed by atoms with Gasteiger partial charge in [-0.1, -0.05) is 57.5 Å². The van der Waals surface area contributed by atoms with Crippen LogP contribution in [0, 0.1) is 12.8 Å². The van der Waals surface area contributed by atoms with Gasteiger partial charge >= 0.3 is 0 Å². The van der Waals surface area contributed by atoms with Crippen molar-refractivity contribution in [1.82, 2.24) is 10.2 Å². The van der Waals surface area contributed by atoms with E-state index in [0.717, 1.165) is 0 Å². The molecule has 1 atom stereocenters. The number of carbonyl (C=O) groups is 2. The second-order valence-corrected chi connectivity index (χ2v) is 7.49. The van der Waals surface area contributed by atoms with E-state index in [-0.39, 0.29) is 29.7 Å². The molecule has 0 unspecified atom stereocenters. The lowest BCUT2D eigenvalue weighted by Crippen LogP contribution is -2.48. The van der Waals surface area contributed by atoms with Gasteiger partial charge in [0.2, 0.25) is 11.8 Å². The highest BCUT2D eigenvalue weighted by molar-refractivity contribution is 5.87. The van der Waals surface area contributed by atoms with Gasteiger partial charge < -0.3 is 16.0 Å². The maximum Gasteiger partial charge on any atom is 0.241 e. The maximum atomic E-state index is 12.3. The number of nitrogens with two attached hydrogens (primary N) is 1. The van der Waals surface area contributed by atoms with Crippen molar-refractivity contribution in [1.29, 1.82) is 0 Å². The van der Waals surface area contributed by atoms with Crippen molar-refractivity contribution in [3.8, 4) is 0 Å². The number of aryl methyl sites for hydroxylation is 1. The summed E-state index contributed by atoms with van der Waals surface area (Å²) in [6.45, 7) is 10.6. The molecular formula is C19H31N3O2. The number of rotatable bonds is 7. The second-order valence-electron chi connectivity index (χ2n) is 7.49. The molecule has 0 radical (unpaired) electrons. The molecule has 0 bridgehead atoms. The third-order valence-corrected chi connectivity index (χ3v) is 4.33. The number of amides is 2. The van der Waals surface area contributed by atoms with Crippen LogP contribution in [0.3, 0.4) is 0 Å². The van der Waals surface area contributed by atoms with Gasteiger partial charge in [0.05, 0.1) is 12.6 Å². The Kier molecular flexibility index (Phi) is 6.96. The first-order valence-corrected chi connectivity index (χ1v) is 8.39. The first kappa shape index (κ1) is 20.2. The fourth-order valence-corrected chi connectivity index (χ4v) is 2.50. The monoisotopic (exact) mass is 333 g/mol. The summed E-state index contributed by atoms with van der Waals surface area (Å²) in [7, 11) is 1.76. The highest BCUT2D eigenvalue weighted by Crippen LogP contribution is 2.24. The molecular weight excluding hydrogens is 302 g/mol.